The largest absolute Gasteiger partial charge is 0.472 e. The first-order chi connectivity index (χ1) is 14.5. The van der Waals surface area contributed by atoms with Gasteiger partial charge in [0.2, 0.25) is 5.88 Å². The average Bonchev–Trinajstić information content (AvgIpc) is 2.72. The summed E-state index contributed by atoms with van der Waals surface area (Å²) in [6.07, 6.45) is -8.25. The SMILES string of the molecule is COc1nccc(OC2CCCN(C(=O)c3cc(C(F)(F)F)cc(C(F)(F)F)c3)C2)n1. The molecule has 1 aliphatic heterocycles. The number of methoxy groups -OCH3 is 1. The van der Waals surface area contributed by atoms with Crippen LogP contribution in [0.5, 0.6) is 11.9 Å². The summed E-state index contributed by atoms with van der Waals surface area (Å²) in [5, 5.41) is 0. The zero-order chi connectivity index (χ0) is 22.8. The van der Waals surface area contributed by atoms with E-state index in [-0.39, 0.29) is 31.0 Å². The molecule has 31 heavy (non-hydrogen) atoms. The predicted molar refractivity (Wildman–Crippen MR) is 94.6 cm³/mol. The predicted octanol–water partition coefficient (Wildman–Crippen LogP) is 4.21. The number of hydrogen-bond acceptors (Lipinski definition) is 5. The van der Waals surface area contributed by atoms with Crippen LogP contribution >= 0.6 is 0 Å². The Bertz CT molecular complexity index is 916. The van der Waals surface area contributed by atoms with E-state index in [4.69, 9.17) is 9.47 Å². The Balaban J connectivity index is 1.81. The fraction of sp³-hybridized carbons (Fsp3) is 0.421. The minimum absolute atomic E-state index is 0.0125. The highest BCUT2D eigenvalue weighted by molar-refractivity contribution is 5.94. The van der Waals surface area contributed by atoms with Gasteiger partial charge in [-0.3, -0.25) is 4.79 Å². The lowest BCUT2D eigenvalue weighted by atomic mass is 10.0. The van der Waals surface area contributed by atoms with Gasteiger partial charge in [0.05, 0.1) is 24.8 Å². The number of benzene rings is 1. The third kappa shape index (κ3) is 5.56. The van der Waals surface area contributed by atoms with Crippen molar-refractivity contribution in [2.75, 3.05) is 20.2 Å². The summed E-state index contributed by atoms with van der Waals surface area (Å²) >= 11 is 0. The summed E-state index contributed by atoms with van der Waals surface area (Å²) in [5.41, 5.74) is -3.77. The molecule has 0 spiro atoms. The second-order valence-electron chi connectivity index (χ2n) is 6.81. The van der Waals surface area contributed by atoms with Crippen LogP contribution in [0.2, 0.25) is 0 Å². The van der Waals surface area contributed by atoms with Crippen molar-refractivity contribution in [2.24, 2.45) is 0 Å². The van der Waals surface area contributed by atoms with Gasteiger partial charge < -0.3 is 14.4 Å². The highest BCUT2D eigenvalue weighted by Crippen LogP contribution is 2.36. The van der Waals surface area contributed by atoms with E-state index in [1.807, 2.05) is 0 Å². The fourth-order valence-corrected chi connectivity index (χ4v) is 3.14. The first-order valence-corrected chi connectivity index (χ1v) is 9.10. The number of piperidine rings is 1. The van der Waals surface area contributed by atoms with Crippen molar-refractivity contribution >= 4 is 5.91 Å². The molecule has 3 rings (SSSR count). The summed E-state index contributed by atoms with van der Waals surface area (Å²) in [5.74, 6) is -0.769. The van der Waals surface area contributed by atoms with Crippen molar-refractivity contribution in [3.05, 3.63) is 47.2 Å². The van der Waals surface area contributed by atoms with Crippen molar-refractivity contribution < 1.29 is 40.6 Å². The second kappa shape index (κ2) is 8.60. The number of nitrogens with zero attached hydrogens (tertiary/aromatic N) is 3. The van der Waals surface area contributed by atoms with Crippen molar-refractivity contribution in [2.45, 2.75) is 31.3 Å². The molecule has 0 N–H and O–H groups in total. The van der Waals surface area contributed by atoms with E-state index in [0.29, 0.717) is 25.0 Å². The number of alkyl halides is 6. The zero-order valence-corrected chi connectivity index (χ0v) is 16.1. The summed E-state index contributed by atoms with van der Waals surface area (Å²) in [7, 11) is 1.37. The van der Waals surface area contributed by atoms with Crippen molar-refractivity contribution in [3.8, 4) is 11.9 Å². The number of ether oxygens (including phenoxy) is 2. The number of carbonyl (C=O) groups excluding carboxylic acids is 1. The molecule has 0 radical (unpaired) electrons. The number of hydrogen-bond donors (Lipinski definition) is 0. The maximum Gasteiger partial charge on any atom is 0.416 e. The molecule has 1 aromatic heterocycles. The number of aromatic nitrogens is 2. The third-order valence-corrected chi connectivity index (χ3v) is 4.58. The third-order valence-electron chi connectivity index (χ3n) is 4.58. The van der Waals surface area contributed by atoms with Gasteiger partial charge in [-0.25, -0.2) is 4.98 Å². The first-order valence-electron chi connectivity index (χ1n) is 9.10. The Hall–Kier alpha value is -3.05. The summed E-state index contributed by atoms with van der Waals surface area (Å²) < 4.78 is 89.0. The molecule has 1 unspecified atom stereocenters. The second-order valence-corrected chi connectivity index (χ2v) is 6.81. The molecule has 1 amide bonds. The number of carbonyl (C=O) groups is 1. The van der Waals surface area contributed by atoms with Crippen molar-refractivity contribution in [3.63, 3.8) is 0 Å². The van der Waals surface area contributed by atoms with Crippen LogP contribution in [0, 0.1) is 0 Å². The van der Waals surface area contributed by atoms with Crippen LogP contribution in [0.15, 0.2) is 30.5 Å². The number of halogens is 6. The zero-order valence-electron chi connectivity index (χ0n) is 16.1. The Morgan fingerprint density at radius 1 is 1.10 bits per heavy atom. The van der Waals surface area contributed by atoms with E-state index in [1.54, 1.807) is 0 Å². The van der Waals surface area contributed by atoms with Gasteiger partial charge in [-0.15, -0.1) is 0 Å². The minimum Gasteiger partial charge on any atom is -0.472 e. The van der Waals surface area contributed by atoms with Crippen LogP contribution in [0.25, 0.3) is 0 Å². The maximum absolute atomic E-state index is 13.1. The quantitative estimate of drug-likeness (QED) is 0.655. The van der Waals surface area contributed by atoms with Gasteiger partial charge >= 0.3 is 18.4 Å². The van der Waals surface area contributed by atoms with Gasteiger partial charge in [-0.05, 0) is 31.0 Å². The van der Waals surface area contributed by atoms with Gasteiger partial charge in [-0.1, -0.05) is 0 Å². The molecule has 1 saturated heterocycles. The van der Waals surface area contributed by atoms with Crippen molar-refractivity contribution in [1.82, 2.24) is 14.9 Å². The van der Waals surface area contributed by atoms with E-state index in [1.165, 1.54) is 24.3 Å². The summed E-state index contributed by atoms with van der Waals surface area (Å²) in [4.78, 5) is 21.7. The Labute approximate surface area is 172 Å². The van der Waals surface area contributed by atoms with Gasteiger partial charge in [-0.2, -0.15) is 31.3 Å². The van der Waals surface area contributed by atoms with E-state index >= 15 is 0 Å². The van der Waals surface area contributed by atoms with Crippen molar-refractivity contribution in [1.29, 1.82) is 0 Å². The summed E-state index contributed by atoms with van der Waals surface area (Å²) in [6, 6.07) is 2.37. The molecule has 0 saturated carbocycles. The molecule has 1 atom stereocenters. The van der Waals surface area contributed by atoms with Crippen LogP contribution in [-0.4, -0.2) is 47.1 Å². The lowest BCUT2D eigenvalue weighted by Crippen LogP contribution is -2.44. The van der Waals surface area contributed by atoms with E-state index in [0.717, 1.165) is 0 Å². The lowest BCUT2D eigenvalue weighted by molar-refractivity contribution is -0.143. The van der Waals surface area contributed by atoms with Crippen LogP contribution in [0.4, 0.5) is 26.3 Å². The van der Waals surface area contributed by atoms with Crippen LogP contribution in [-0.2, 0) is 12.4 Å². The molecule has 2 aromatic rings. The molecule has 168 valence electrons. The molecule has 0 aliphatic carbocycles. The van der Waals surface area contributed by atoms with Gasteiger partial charge in [0.15, 0.2) is 0 Å². The van der Waals surface area contributed by atoms with Crippen LogP contribution < -0.4 is 9.47 Å². The van der Waals surface area contributed by atoms with E-state index < -0.39 is 41.1 Å². The smallest absolute Gasteiger partial charge is 0.416 e. The monoisotopic (exact) mass is 449 g/mol. The number of rotatable bonds is 4. The highest BCUT2D eigenvalue weighted by Gasteiger charge is 2.38. The Morgan fingerprint density at radius 2 is 1.74 bits per heavy atom. The van der Waals surface area contributed by atoms with Gasteiger partial charge in [0.1, 0.15) is 6.10 Å². The number of likely N-dealkylation sites (tertiary alicyclic amines) is 1. The van der Waals surface area contributed by atoms with Gasteiger partial charge in [0, 0.05) is 24.4 Å². The molecular weight excluding hydrogens is 432 g/mol. The topological polar surface area (TPSA) is 64.6 Å². The molecule has 6 nitrogen and oxygen atoms in total. The fourth-order valence-electron chi connectivity index (χ4n) is 3.14. The molecular formula is C19H17F6N3O3. The average molecular weight is 449 g/mol. The molecule has 1 fully saturated rings. The van der Waals surface area contributed by atoms with Gasteiger partial charge in [0.25, 0.3) is 5.91 Å². The maximum atomic E-state index is 13.1. The Morgan fingerprint density at radius 3 is 2.32 bits per heavy atom. The number of amides is 1. The van der Waals surface area contributed by atoms with Crippen LogP contribution in [0.3, 0.4) is 0 Å². The molecule has 0 bridgehead atoms. The molecule has 2 heterocycles. The van der Waals surface area contributed by atoms with E-state index in [2.05, 4.69) is 9.97 Å². The Kier molecular flexibility index (Phi) is 6.27. The summed E-state index contributed by atoms with van der Waals surface area (Å²) in [6.45, 7) is 0.145. The highest BCUT2D eigenvalue weighted by atomic mass is 19.4. The normalized spacial score (nSPS) is 17.4. The first kappa shape index (κ1) is 22.6. The van der Waals surface area contributed by atoms with E-state index in [9.17, 15) is 31.1 Å². The standard InChI is InChI=1S/C19H17F6N3O3/c1-30-17-26-5-4-15(27-17)31-14-3-2-6-28(10-14)16(29)11-7-12(18(20,21)22)9-13(8-11)19(23,24)25/h4-5,7-9,14H,2-3,6,10H2,1H3. The molecule has 12 heteroatoms. The lowest BCUT2D eigenvalue weighted by Gasteiger charge is -2.33. The minimum atomic E-state index is -5.03. The molecule has 1 aromatic carbocycles. The molecule has 1 aliphatic rings. The van der Waals surface area contributed by atoms with Crippen LogP contribution in [0.1, 0.15) is 34.3 Å².